The van der Waals surface area contributed by atoms with E-state index in [9.17, 15) is 4.79 Å². The molecule has 0 saturated heterocycles. The molecule has 5 nitrogen and oxygen atoms in total. The van der Waals surface area contributed by atoms with Crippen molar-refractivity contribution >= 4 is 17.3 Å². The van der Waals surface area contributed by atoms with E-state index in [4.69, 9.17) is 4.74 Å². The van der Waals surface area contributed by atoms with Crippen molar-refractivity contribution < 1.29 is 9.53 Å². The lowest BCUT2D eigenvalue weighted by molar-refractivity contribution is 0.102. The average Bonchev–Trinajstić information content (AvgIpc) is 2.76. The van der Waals surface area contributed by atoms with Crippen LogP contribution >= 0.6 is 0 Å². The maximum absolute atomic E-state index is 12.6. The Morgan fingerprint density at radius 2 is 1.68 bits per heavy atom. The van der Waals surface area contributed by atoms with Gasteiger partial charge < -0.3 is 15.0 Å². The summed E-state index contributed by atoms with van der Waals surface area (Å²) in [7, 11) is 1.62. The second kappa shape index (κ2) is 9.04. The van der Waals surface area contributed by atoms with Crippen LogP contribution in [-0.4, -0.2) is 31.1 Å². The first-order valence-corrected chi connectivity index (χ1v) is 9.42. The number of anilines is 2. The van der Waals surface area contributed by atoms with Crippen LogP contribution in [0, 0.1) is 0 Å². The molecule has 0 atom stereocenters. The molecule has 0 fully saturated rings. The maximum atomic E-state index is 12.6. The minimum Gasteiger partial charge on any atom is -0.494 e. The average molecular weight is 375 g/mol. The first kappa shape index (κ1) is 19.4. The topological polar surface area (TPSA) is 54.5 Å². The third kappa shape index (κ3) is 4.31. The molecule has 0 unspecified atom stereocenters. The predicted molar refractivity (Wildman–Crippen MR) is 114 cm³/mol. The molecule has 1 aromatic heterocycles. The van der Waals surface area contributed by atoms with Gasteiger partial charge in [-0.3, -0.25) is 9.78 Å². The number of benzene rings is 2. The van der Waals surface area contributed by atoms with Gasteiger partial charge >= 0.3 is 0 Å². The van der Waals surface area contributed by atoms with Crippen LogP contribution in [-0.2, 0) is 0 Å². The number of pyridine rings is 1. The molecule has 0 spiro atoms. The zero-order chi connectivity index (χ0) is 19.9. The number of hydrogen-bond donors (Lipinski definition) is 1. The normalized spacial score (nSPS) is 10.4. The van der Waals surface area contributed by atoms with Gasteiger partial charge in [-0.15, -0.1) is 0 Å². The van der Waals surface area contributed by atoms with E-state index in [1.165, 1.54) is 0 Å². The van der Waals surface area contributed by atoms with E-state index in [1.54, 1.807) is 25.4 Å². The van der Waals surface area contributed by atoms with Gasteiger partial charge in [0, 0.05) is 41.8 Å². The fourth-order valence-corrected chi connectivity index (χ4v) is 3.10. The first-order chi connectivity index (χ1) is 13.7. The van der Waals surface area contributed by atoms with Crippen molar-refractivity contribution in [3.63, 3.8) is 0 Å². The molecular formula is C23H25N3O2. The number of hydrogen-bond acceptors (Lipinski definition) is 4. The lowest BCUT2D eigenvalue weighted by Gasteiger charge is -2.21. The summed E-state index contributed by atoms with van der Waals surface area (Å²) in [6.45, 7) is 6.16. The van der Waals surface area contributed by atoms with Crippen LogP contribution < -0.4 is 15.0 Å². The lowest BCUT2D eigenvalue weighted by atomic mass is 10.1. The molecule has 3 rings (SSSR count). The quantitative estimate of drug-likeness (QED) is 0.641. The summed E-state index contributed by atoms with van der Waals surface area (Å²) in [6.07, 6.45) is 1.72. The van der Waals surface area contributed by atoms with E-state index < -0.39 is 0 Å². The minimum atomic E-state index is -0.143. The van der Waals surface area contributed by atoms with Crippen molar-refractivity contribution in [1.82, 2.24) is 4.98 Å². The molecule has 1 amide bonds. The maximum Gasteiger partial charge on any atom is 0.255 e. The van der Waals surface area contributed by atoms with E-state index >= 15 is 0 Å². The van der Waals surface area contributed by atoms with E-state index in [1.807, 2.05) is 48.5 Å². The number of amides is 1. The van der Waals surface area contributed by atoms with E-state index in [2.05, 4.69) is 29.0 Å². The summed E-state index contributed by atoms with van der Waals surface area (Å²) in [5.74, 6) is 0.558. The zero-order valence-electron chi connectivity index (χ0n) is 16.5. The number of rotatable bonds is 7. The molecule has 0 aliphatic rings. The van der Waals surface area contributed by atoms with Crippen LogP contribution in [0.1, 0.15) is 24.2 Å². The Morgan fingerprint density at radius 1 is 1.00 bits per heavy atom. The minimum absolute atomic E-state index is 0.143. The predicted octanol–water partition coefficient (Wildman–Crippen LogP) is 4.86. The Labute approximate surface area is 166 Å². The van der Waals surface area contributed by atoms with Crippen LogP contribution in [0.2, 0.25) is 0 Å². The Bertz CT molecular complexity index is 917. The van der Waals surface area contributed by atoms with Gasteiger partial charge in [-0.2, -0.15) is 0 Å². The van der Waals surface area contributed by atoms with Gasteiger partial charge in [0.05, 0.1) is 7.11 Å². The second-order valence-electron chi connectivity index (χ2n) is 6.30. The van der Waals surface area contributed by atoms with Gasteiger partial charge in [-0.25, -0.2) is 0 Å². The summed E-state index contributed by atoms with van der Waals surface area (Å²) in [4.78, 5) is 19.2. The van der Waals surface area contributed by atoms with E-state index in [-0.39, 0.29) is 5.91 Å². The summed E-state index contributed by atoms with van der Waals surface area (Å²) in [6, 6.07) is 19.0. The van der Waals surface area contributed by atoms with Crippen molar-refractivity contribution in [2.75, 3.05) is 30.4 Å². The smallest absolute Gasteiger partial charge is 0.255 e. The molecule has 28 heavy (non-hydrogen) atoms. The lowest BCUT2D eigenvalue weighted by Crippen LogP contribution is -2.21. The Morgan fingerprint density at radius 3 is 2.29 bits per heavy atom. The largest absolute Gasteiger partial charge is 0.494 e. The molecule has 2 aromatic carbocycles. The summed E-state index contributed by atoms with van der Waals surface area (Å²) < 4.78 is 5.35. The van der Waals surface area contributed by atoms with Crippen molar-refractivity contribution in [3.05, 3.63) is 72.4 Å². The van der Waals surface area contributed by atoms with Gasteiger partial charge in [0.25, 0.3) is 5.91 Å². The highest BCUT2D eigenvalue weighted by atomic mass is 16.5. The highest BCUT2D eigenvalue weighted by Crippen LogP contribution is 2.27. The molecule has 1 heterocycles. The number of ether oxygens (including phenoxy) is 1. The molecule has 0 bridgehead atoms. The summed E-state index contributed by atoms with van der Waals surface area (Å²) >= 11 is 0. The Balaban J connectivity index is 1.71. The molecule has 0 aliphatic carbocycles. The molecule has 0 saturated carbocycles. The molecule has 1 N–H and O–H groups in total. The number of methoxy groups -OCH3 is 1. The molecule has 5 heteroatoms. The molecular weight excluding hydrogens is 350 g/mol. The highest BCUT2D eigenvalue weighted by molar-refractivity contribution is 6.04. The summed E-state index contributed by atoms with van der Waals surface area (Å²) in [5.41, 5.74) is 4.17. The number of carbonyl (C=O) groups excluding carboxylic acids is 1. The zero-order valence-corrected chi connectivity index (χ0v) is 16.5. The van der Waals surface area contributed by atoms with Crippen LogP contribution in [0.5, 0.6) is 5.75 Å². The first-order valence-electron chi connectivity index (χ1n) is 9.42. The molecule has 0 aliphatic heterocycles. The number of aromatic nitrogens is 1. The van der Waals surface area contributed by atoms with Crippen LogP contribution in [0.15, 0.2) is 66.9 Å². The van der Waals surface area contributed by atoms with Gasteiger partial charge in [-0.05, 0) is 62.4 Å². The van der Waals surface area contributed by atoms with Crippen molar-refractivity contribution in [2.45, 2.75) is 13.8 Å². The standard InChI is InChI=1S/C23H25N3O2/c1-4-26(5-2)20-14-12-19(13-15-20)25-23(27)18-10-8-17(9-11-18)22-21(28-3)7-6-16-24-22/h6-16H,4-5H2,1-3H3,(H,25,27). The third-order valence-electron chi connectivity index (χ3n) is 4.66. The van der Waals surface area contributed by atoms with Crippen LogP contribution in [0.4, 0.5) is 11.4 Å². The van der Waals surface area contributed by atoms with Gasteiger partial charge in [0.2, 0.25) is 0 Å². The number of nitrogens with one attached hydrogen (secondary N) is 1. The van der Waals surface area contributed by atoms with Gasteiger partial charge in [-0.1, -0.05) is 12.1 Å². The van der Waals surface area contributed by atoms with Crippen LogP contribution in [0.3, 0.4) is 0 Å². The fraction of sp³-hybridized carbons (Fsp3) is 0.217. The third-order valence-corrected chi connectivity index (χ3v) is 4.66. The highest BCUT2D eigenvalue weighted by Gasteiger charge is 2.10. The summed E-state index contributed by atoms with van der Waals surface area (Å²) in [5, 5.41) is 2.94. The van der Waals surface area contributed by atoms with Gasteiger partial charge in [0.1, 0.15) is 11.4 Å². The Kier molecular flexibility index (Phi) is 6.27. The second-order valence-corrected chi connectivity index (χ2v) is 6.30. The fourth-order valence-electron chi connectivity index (χ4n) is 3.10. The number of carbonyl (C=O) groups is 1. The number of nitrogens with zero attached hydrogens (tertiary/aromatic N) is 2. The SMILES string of the molecule is CCN(CC)c1ccc(NC(=O)c2ccc(-c3ncccc3OC)cc2)cc1. The molecule has 3 aromatic rings. The van der Waals surface area contributed by atoms with E-state index in [0.29, 0.717) is 11.3 Å². The van der Waals surface area contributed by atoms with Crippen molar-refractivity contribution in [1.29, 1.82) is 0 Å². The van der Waals surface area contributed by atoms with Crippen molar-refractivity contribution in [3.8, 4) is 17.0 Å². The monoisotopic (exact) mass is 375 g/mol. The molecule has 0 radical (unpaired) electrons. The Hall–Kier alpha value is -3.34. The van der Waals surface area contributed by atoms with Crippen molar-refractivity contribution in [2.24, 2.45) is 0 Å². The van der Waals surface area contributed by atoms with E-state index in [0.717, 1.165) is 35.7 Å². The molecule has 144 valence electrons. The van der Waals surface area contributed by atoms with Gasteiger partial charge in [0.15, 0.2) is 0 Å². The van der Waals surface area contributed by atoms with Crippen LogP contribution in [0.25, 0.3) is 11.3 Å².